The summed E-state index contributed by atoms with van der Waals surface area (Å²) in [6.45, 7) is 1.74. The smallest absolute Gasteiger partial charge is 0.244 e. The molecule has 0 radical (unpaired) electrons. The number of nitrogens with two attached hydrogens (primary N) is 1. The van der Waals surface area contributed by atoms with Crippen LogP contribution in [-0.4, -0.2) is 18.4 Å². The summed E-state index contributed by atoms with van der Waals surface area (Å²) in [6.07, 6.45) is 2.33. The molecule has 0 fully saturated rings. The first-order chi connectivity index (χ1) is 9.38. The van der Waals surface area contributed by atoms with Crippen LogP contribution in [0.15, 0.2) is 41.6 Å². The largest absolute Gasteiger partial charge is 0.368 e. The van der Waals surface area contributed by atoms with Crippen molar-refractivity contribution in [3.63, 3.8) is 0 Å². The molecule has 0 aliphatic carbocycles. The minimum absolute atomic E-state index is 0.0229. The first-order valence-corrected chi connectivity index (χ1v) is 7.60. The van der Waals surface area contributed by atoms with Crippen LogP contribution in [0.2, 0.25) is 5.02 Å². The van der Waals surface area contributed by atoms with Gasteiger partial charge >= 0.3 is 0 Å². The second kappa shape index (κ2) is 5.74. The number of hydrogen-bond acceptors (Lipinski definition) is 5. The maximum atomic E-state index is 12.1. The average Bonchev–Trinajstić information content (AvgIpc) is 2.39. The molecule has 2 rings (SSSR count). The molecule has 1 aromatic carbocycles. The molecule has 20 heavy (non-hydrogen) atoms. The Bertz CT molecular complexity index is 686. The van der Waals surface area contributed by atoms with Gasteiger partial charge in [-0.1, -0.05) is 23.7 Å². The Morgan fingerprint density at radius 1 is 1.20 bits per heavy atom. The number of rotatable bonds is 4. The van der Waals surface area contributed by atoms with E-state index < -0.39 is 16.1 Å². The number of benzene rings is 1. The van der Waals surface area contributed by atoms with E-state index in [0.717, 1.165) is 5.56 Å². The molecule has 0 aliphatic heterocycles. The number of nitrogens with zero attached hydrogens (tertiary/aromatic N) is 2. The van der Waals surface area contributed by atoms with Crippen molar-refractivity contribution in [3.05, 3.63) is 47.2 Å². The molecule has 0 bridgehead atoms. The van der Waals surface area contributed by atoms with Gasteiger partial charge in [-0.05, 0) is 24.6 Å². The fraction of sp³-hybridized carbons (Fsp3) is 0.167. The standard InChI is InChI=1S/C12H13ClN4O2S/c1-8(9-2-4-10(13)5-3-9)17-20(18,19)11-6-15-12(14)16-7-11/h2-8,17H,1H3,(H2,14,15,16). The lowest BCUT2D eigenvalue weighted by atomic mass is 10.1. The van der Waals surface area contributed by atoms with Gasteiger partial charge < -0.3 is 5.73 Å². The van der Waals surface area contributed by atoms with E-state index in [-0.39, 0.29) is 10.8 Å². The molecule has 0 amide bonds. The number of anilines is 1. The molecule has 0 aliphatic rings. The SMILES string of the molecule is CC(NS(=O)(=O)c1cnc(N)nc1)c1ccc(Cl)cc1. The zero-order valence-corrected chi connectivity index (χ0v) is 12.2. The summed E-state index contributed by atoms with van der Waals surface area (Å²) < 4.78 is 26.8. The molecule has 1 unspecified atom stereocenters. The van der Waals surface area contributed by atoms with Gasteiger partial charge in [0, 0.05) is 11.1 Å². The van der Waals surface area contributed by atoms with E-state index in [2.05, 4.69) is 14.7 Å². The van der Waals surface area contributed by atoms with E-state index in [1.165, 1.54) is 12.4 Å². The third-order valence-corrected chi connectivity index (χ3v) is 4.41. The first-order valence-electron chi connectivity index (χ1n) is 5.74. The fourth-order valence-corrected chi connectivity index (χ4v) is 2.83. The summed E-state index contributed by atoms with van der Waals surface area (Å²) in [4.78, 5) is 7.30. The zero-order chi connectivity index (χ0) is 14.8. The Balaban J connectivity index is 2.19. The van der Waals surface area contributed by atoms with Gasteiger partial charge in [0.1, 0.15) is 4.90 Å². The third kappa shape index (κ3) is 3.44. The Labute approximate surface area is 122 Å². The quantitative estimate of drug-likeness (QED) is 0.896. The fourth-order valence-electron chi connectivity index (χ4n) is 1.59. The van der Waals surface area contributed by atoms with Gasteiger partial charge in [-0.15, -0.1) is 0 Å². The normalized spacial score (nSPS) is 13.1. The molecular formula is C12H13ClN4O2S. The molecule has 0 spiro atoms. The van der Waals surface area contributed by atoms with Crippen molar-refractivity contribution in [2.24, 2.45) is 0 Å². The lowest BCUT2D eigenvalue weighted by Crippen LogP contribution is -2.27. The van der Waals surface area contributed by atoms with Crippen LogP contribution in [0.25, 0.3) is 0 Å². The summed E-state index contributed by atoms with van der Waals surface area (Å²) in [5, 5.41) is 0.593. The van der Waals surface area contributed by atoms with Crippen LogP contribution in [0.3, 0.4) is 0 Å². The summed E-state index contributed by atoms with van der Waals surface area (Å²) in [5.41, 5.74) is 6.13. The molecule has 3 N–H and O–H groups in total. The molecule has 0 saturated carbocycles. The number of nitrogen functional groups attached to an aromatic ring is 1. The molecular weight excluding hydrogens is 300 g/mol. The highest BCUT2D eigenvalue weighted by Gasteiger charge is 2.19. The van der Waals surface area contributed by atoms with E-state index in [4.69, 9.17) is 17.3 Å². The highest BCUT2D eigenvalue weighted by atomic mass is 35.5. The number of nitrogens with one attached hydrogen (secondary N) is 1. The maximum absolute atomic E-state index is 12.1. The monoisotopic (exact) mass is 312 g/mol. The molecule has 1 aromatic heterocycles. The van der Waals surface area contributed by atoms with Crippen molar-refractivity contribution in [1.82, 2.24) is 14.7 Å². The van der Waals surface area contributed by atoms with E-state index >= 15 is 0 Å². The van der Waals surface area contributed by atoms with Crippen LogP contribution in [0, 0.1) is 0 Å². The van der Waals surface area contributed by atoms with E-state index in [9.17, 15) is 8.42 Å². The Morgan fingerprint density at radius 2 is 1.75 bits per heavy atom. The van der Waals surface area contributed by atoms with E-state index in [1.54, 1.807) is 31.2 Å². The molecule has 1 heterocycles. The molecule has 8 heteroatoms. The zero-order valence-electron chi connectivity index (χ0n) is 10.6. The minimum Gasteiger partial charge on any atom is -0.368 e. The van der Waals surface area contributed by atoms with Crippen molar-refractivity contribution >= 4 is 27.6 Å². The summed E-state index contributed by atoms with van der Waals surface area (Å²) in [7, 11) is -3.70. The molecule has 0 saturated heterocycles. The highest BCUT2D eigenvalue weighted by Crippen LogP contribution is 2.18. The Hall–Kier alpha value is -1.70. The number of hydrogen-bond donors (Lipinski definition) is 2. The lowest BCUT2D eigenvalue weighted by molar-refractivity contribution is 0.566. The van der Waals surface area contributed by atoms with Crippen LogP contribution >= 0.6 is 11.6 Å². The third-order valence-electron chi connectivity index (χ3n) is 2.66. The highest BCUT2D eigenvalue weighted by molar-refractivity contribution is 7.89. The number of halogens is 1. The topological polar surface area (TPSA) is 98.0 Å². The van der Waals surface area contributed by atoms with E-state index in [0.29, 0.717) is 5.02 Å². The van der Waals surface area contributed by atoms with Crippen LogP contribution in [-0.2, 0) is 10.0 Å². The predicted molar refractivity (Wildman–Crippen MR) is 76.6 cm³/mol. The van der Waals surface area contributed by atoms with Crippen LogP contribution in [0.5, 0.6) is 0 Å². The van der Waals surface area contributed by atoms with Crippen molar-refractivity contribution < 1.29 is 8.42 Å². The van der Waals surface area contributed by atoms with Gasteiger partial charge in [0.05, 0.1) is 12.4 Å². The van der Waals surface area contributed by atoms with Gasteiger partial charge in [-0.2, -0.15) is 0 Å². The average molecular weight is 313 g/mol. The Kier molecular flexibility index (Phi) is 4.22. The van der Waals surface area contributed by atoms with Gasteiger partial charge in [0.2, 0.25) is 16.0 Å². The summed E-state index contributed by atoms with van der Waals surface area (Å²) in [6, 6.07) is 6.52. The summed E-state index contributed by atoms with van der Waals surface area (Å²) >= 11 is 5.79. The van der Waals surface area contributed by atoms with Gasteiger partial charge in [0.25, 0.3) is 0 Å². The van der Waals surface area contributed by atoms with Crippen LogP contribution < -0.4 is 10.5 Å². The van der Waals surface area contributed by atoms with Crippen molar-refractivity contribution in [2.45, 2.75) is 17.9 Å². The number of sulfonamides is 1. The van der Waals surface area contributed by atoms with Gasteiger partial charge in [0.15, 0.2) is 0 Å². The number of aromatic nitrogens is 2. The second-order valence-electron chi connectivity index (χ2n) is 4.17. The minimum atomic E-state index is -3.70. The van der Waals surface area contributed by atoms with Crippen molar-refractivity contribution in [1.29, 1.82) is 0 Å². The predicted octanol–water partition coefficient (Wildman–Crippen LogP) is 1.75. The van der Waals surface area contributed by atoms with Crippen LogP contribution in [0.4, 0.5) is 5.95 Å². The molecule has 2 aromatic rings. The maximum Gasteiger partial charge on any atom is 0.244 e. The van der Waals surface area contributed by atoms with Gasteiger partial charge in [-0.25, -0.2) is 23.1 Å². The van der Waals surface area contributed by atoms with Crippen LogP contribution in [0.1, 0.15) is 18.5 Å². The lowest BCUT2D eigenvalue weighted by Gasteiger charge is -2.14. The van der Waals surface area contributed by atoms with E-state index in [1.807, 2.05) is 0 Å². The second-order valence-corrected chi connectivity index (χ2v) is 6.32. The molecule has 1 atom stereocenters. The van der Waals surface area contributed by atoms with Gasteiger partial charge in [-0.3, -0.25) is 0 Å². The Morgan fingerprint density at radius 3 is 2.30 bits per heavy atom. The van der Waals surface area contributed by atoms with Crippen molar-refractivity contribution in [2.75, 3.05) is 5.73 Å². The first kappa shape index (κ1) is 14.7. The summed E-state index contributed by atoms with van der Waals surface area (Å²) in [5.74, 6) is 0.0229. The molecule has 106 valence electrons. The van der Waals surface area contributed by atoms with Crippen molar-refractivity contribution in [3.8, 4) is 0 Å². The molecule has 6 nitrogen and oxygen atoms in total.